The van der Waals surface area contributed by atoms with Crippen molar-refractivity contribution in [1.82, 2.24) is 4.98 Å². The van der Waals surface area contributed by atoms with Gasteiger partial charge in [-0.2, -0.15) is 0 Å². The average Bonchev–Trinajstić information content (AvgIpc) is 2.61. The molecule has 0 spiro atoms. The number of nitrogens with two attached hydrogens (primary N) is 1. The minimum absolute atomic E-state index is 0.0146. The lowest BCUT2D eigenvalue weighted by Crippen LogP contribution is -2.34. The Balaban J connectivity index is 1.99. The maximum absolute atomic E-state index is 11.9. The first kappa shape index (κ1) is 13.0. The smallest absolute Gasteiger partial charge is 0.355 e. The highest BCUT2D eigenvalue weighted by Gasteiger charge is 2.34. The van der Waals surface area contributed by atoms with Crippen LogP contribution in [0.15, 0.2) is 12.3 Å². The van der Waals surface area contributed by atoms with Gasteiger partial charge in [0.05, 0.1) is 5.69 Å². The molecule has 2 atom stereocenters. The highest BCUT2D eigenvalue weighted by Crippen LogP contribution is 2.39. The maximum atomic E-state index is 11.9. The molecule has 18 heavy (non-hydrogen) atoms. The van der Waals surface area contributed by atoms with E-state index in [-0.39, 0.29) is 17.5 Å². The van der Waals surface area contributed by atoms with Crippen molar-refractivity contribution < 1.29 is 9.53 Å². The summed E-state index contributed by atoms with van der Waals surface area (Å²) < 4.78 is 5.57. The van der Waals surface area contributed by atoms with Crippen molar-refractivity contribution >= 4 is 11.7 Å². The Morgan fingerprint density at radius 2 is 2.22 bits per heavy atom. The molecule has 1 aromatic rings. The molecule has 0 saturated heterocycles. The van der Waals surface area contributed by atoms with Crippen molar-refractivity contribution in [3.63, 3.8) is 0 Å². The van der Waals surface area contributed by atoms with Crippen molar-refractivity contribution in [2.24, 2.45) is 11.3 Å². The van der Waals surface area contributed by atoms with E-state index in [1.54, 1.807) is 12.3 Å². The van der Waals surface area contributed by atoms with Gasteiger partial charge in [0.25, 0.3) is 0 Å². The van der Waals surface area contributed by atoms with Gasteiger partial charge in [-0.3, -0.25) is 0 Å². The molecule has 0 amide bonds. The van der Waals surface area contributed by atoms with Crippen LogP contribution in [0.5, 0.6) is 0 Å². The Morgan fingerprint density at radius 3 is 2.78 bits per heavy atom. The largest absolute Gasteiger partial charge is 0.458 e. The number of aromatic amines is 1. The number of rotatable bonds is 2. The molecule has 1 aliphatic rings. The van der Waals surface area contributed by atoms with Crippen LogP contribution >= 0.6 is 0 Å². The Hall–Kier alpha value is -1.45. The SMILES string of the molecule is CC1CC(OC(=O)c2cc(N)c[nH]2)CC(C)(C)C1. The van der Waals surface area contributed by atoms with E-state index in [1.807, 2.05) is 0 Å². The van der Waals surface area contributed by atoms with Gasteiger partial charge in [0.1, 0.15) is 11.8 Å². The van der Waals surface area contributed by atoms with Crippen LogP contribution in [0.1, 0.15) is 50.5 Å². The molecule has 1 heterocycles. The zero-order chi connectivity index (χ0) is 13.3. The van der Waals surface area contributed by atoms with Crippen molar-refractivity contribution in [1.29, 1.82) is 0 Å². The van der Waals surface area contributed by atoms with Crippen LogP contribution < -0.4 is 5.73 Å². The Labute approximate surface area is 108 Å². The number of ether oxygens (including phenoxy) is 1. The van der Waals surface area contributed by atoms with Gasteiger partial charge in [-0.25, -0.2) is 4.79 Å². The molecule has 1 fully saturated rings. The first-order chi connectivity index (χ1) is 8.35. The molecule has 1 aromatic heterocycles. The number of nitrogens with one attached hydrogen (secondary N) is 1. The normalized spacial score (nSPS) is 26.8. The zero-order valence-electron chi connectivity index (χ0n) is 11.3. The number of hydrogen-bond acceptors (Lipinski definition) is 3. The average molecular weight is 250 g/mol. The van der Waals surface area contributed by atoms with E-state index in [1.165, 1.54) is 6.42 Å². The molecule has 4 heteroatoms. The standard InChI is InChI=1S/C14H22N2O2/c1-9-4-11(7-14(2,3)6-9)18-13(17)12-5-10(15)8-16-12/h5,8-9,11,16H,4,6-7,15H2,1-3H3. The fourth-order valence-corrected chi connectivity index (χ4v) is 3.09. The van der Waals surface area contributed by atoms with Crippen molar-refractivity contribution in [2.45, 2.75) is 46.1 Å². The van der Waals surface area contributed by atoms with Crippen molar-refractivity contribution in [2.75, 3.05) is 5.73 Å². The van der Waals surface area contributed by atoms with Gasteiger partial charge in [0, 0.05) is 6.20 Å². The van der Waals surface area contributed by atoms with Crippen molar-refractivity contribution in [3.05, 3.63) is 18.0 Å². The first-order valence-corrected chi connectivity index (χ1v) is 6.50. The minimum atomic E-state index is -0.304. The maximum Gasteiger partial charge on any atom is 0.355 e. The lowest BCUT2D eigenvalue weighted by Gasteiger charge is -2.38. The van der Waals surface area contributed by atoms with Gasteiger partial charge in [-0.1, -0.05) is 20.8 Å². The number of nitrogen functional groups attached to an aromatic ring is 1. The second-order valence-electron chi connectivity index (χ2n) is 6.29. The molecular weight excluding hydrogens is 228 g/mol. The van der Waals surface area contributed by atoms with Crippen LogP contribution in [0.25, 0.3) is 0 Å². The molecule has 2 rings (SSSR count). The summed E-state index contributed by atoms with van der Waals surface area (Å²) in [6.45, 7) is 6.68. The number of esters is 1. The van der Waals surface area contributed by atoms with Crippen LogP contribution in [0.4, 0.5) is 5.69 Å². The number of anilines is 1. The van der Waals surface area contributed by atoms with Gasteiger partial charge in [-0.05, 0) is 36.7 Å². The number of aromatic nitrogens is 1. The third-order valence-electron chi connectivity index (χ3n) is 3.55. The van der Waals surface area contributed by atoms with E-state index in [2.05, 4.69) is 25.8 Å². The summed E-state index contributed by atoms with van der Waals surface area (Å²) in [4.78, 5) is 14.8. The lowest BCUT2D eigenvalue weighted by molar-refractivity contribution is -0.00760. The third kappa shape index (κ3) is 3.06. The number of hydrogen-bond donors (Lipinski definition) is 2. The molecule has 0 bridgehead atoms. The molecule has 100 valence electrons. The van der Waals surface area contributed by atoms with Crippen molar-refractivity contribution in [3.8, 4) is 0 Å². The second kappa shape index (κ2) is 4.67. The molecule has 3 N–H and O–H groups in total. The summed E-state index contributed by atoms with van der Waals surface area (Å²) in [5.41, 5.74) is 6.81. The molecule has 1 aliphatic carbocycles. The summed E-state index contributed by atoms with van der Waals surface area (Å²) in [6.07, 6.45) is 4.69. The summed E-state index contributed by atoms with van der Waals surface area (Å²) in [7, 11) is 0. The fourth-order valence-electron chi connectivity index (χ4n) is 3.09. The van der Waals surface area contributed by atoms with Crippen LogP contribution in [0, 0.1) is 11.3 Å². The quantitative estimate of drug-likeness (QED) is 0.793. The molecule has 0 radical (unpaired) electrons. The topological polar surface area (TPSA) is 68.1 Å². The number of H-pyrrole nitrogens is 1. The number of carbonyl (C=O) groups is 1. The molecule has 0 aliphatic heterocycles. The summed E-state index contributed by atoms with van der Waals surface area (Å²) in [5, 5.41) is 0. The van der Waals surface area contributed by atoms with Gasteiger partial charge < -0.3 is 15.5 Å². The minimum Gasteiger partial charge on any atom is -0.458 e. The Morgan fingerprint density at radius 1 is 1.50 bits per heavy atom. The van der Waals surface area contributed by atoms with E-state index in [0.717, 1.165) is 12.8 Å². The highest BCUT2D eigenvalue weighted by atomic mass is 16.5. The van der Waals surface area contributed by atoms with Gasteiger partial charge in [0.2, 0.25) is 0 Å². The first-order valence-electron chi connectivity index (χ1n) is 6.50. The molecule has 0 aromatic carbocycles. The zero-order valence-corrected chi connectivity index (χ0v) is 11.3. The summed E-state index contributed by atoms with van der Waals surface area (Å²) >= 11 is 0. The van der Waals surface area contributed by atoms with Crippen LogP contribution in [-0.2, 0) is 4.74 Å². The van der Waals surface area contributed by atoms with E-state index in [0.29, 0.717) is 17.3 Å². The fraction of sp³-hybridized carbons (Fsp3) is 0.643. The Kier molecular flexibility index (Phi) is 3.37. The van der Waals surface area contributed by atoms with E-state index in [4.69, 9.17) is 10.5 Å². The monoisotopic (exact) mass is 250 g/mol. The highest BCUT2D eigenvalue weighted by molar-refractivity contribution is 5.88. The predicted molar refractivity (Wildman–Crippen MR) is 71.2 cm³/mol. The van der Waals surface area contributed by atoms with E-state index in [9.17, 15) is 4.79 Å². The van der Waals surface area contributed by atoms with E-state index < -0.39 is 0 Å². The Bertz CT molecular complexity index is 437. The third-order valence-corrected chi connectivity index (χ3v) is 3.55. The van der Waals surface area contributed by atoms with Gasteiger partial charge >= 0.3 is 5.97 Å². The van der Waals surface area contributed by atoms with E-state index >= 15 is 0 Å². The molecular formula is C14H22N2O2. The van der Waals surface area contributed by atoms with Crippen LogP contribution in [0.3, 0.4) is 0 Å². The molecule has 2 unspecified atom stereocenters. The summed E-state index contributed by atoms with van der Waals surface area (Å²) in [5.74, 6) is 0.293. The summed E-state index contributed by atoms with van der Waals surface area (Å²) in [6, 6.07) is 1.61. The molecule has 4 nitrogen and oxygen atoms in total. The number of carbonyl (C=O) groups excluding carboxylic acids is 1. The van der Waals surface area contributed by atoms with Crippen LogP contribution in [0.2, 0.25) is 0 Å². The van der Waals surface area contributed by atoms with Crippen LogP contribution in [-0.4, -0.2) is 17.1 Å². The van der Waals surface area contributed by atoms with Gasteiger partial charge in [-0.15, -0.1) is 0 Å². The molecule has 1 saturated carbocycles. The predicted octanol–water partition coefficient (Wildman–Crippen LogP) is 2.97. The van der Waals surface area contributed by atoms with Gasteiger partial charge in [0.15, 0.2) is 0 Å². The lowest BCUT2D eigenvalue weighted by atomic mass is 9.71. The second-order valence-corrected chi connectivity index (χ2v) is 6.29.